The van der Waals surface area contributed by atoms with Crippen LogP contribution in [0.4, 0.5) is 17.1 Å². The Kier molecular flexibility index (Phi) is 8.57. The van der Waals surface area contributed by atoms with Gasteiger partial charge in [-0.05, 0) is 103 Å². The number of hydrogen-bond donors (Lipinski definition) is 0. The van der Waals surface area contributed by atoms with Crippen molar-refractivity contribution in [2.45, 2.75) is 15.2 Å². The standard InChI is InChI=1S/C55H39NSSi/c1-5-19-39(20-6-1)45-35-33-42(37-46(45)40-21-7-2-8-22-40)56(41-23-9-3-10-24-41)43-34-36-50-54(38-43)58(44-25-11-4-12-26-44)53-32-18-15-29-49(53)55(50)47-27-13-16-30-51(47)57-52-31-17-14-28-48(52)55/h1-38,58H. The molecule has 0 aromatic heterocycles. The van der Waals surface area contributed by atoms with Gasteiger partial charge in [-0.3, -0.25) is 0 Å². The van der Waals surface area contributed by atoms with Crippen molar-refractivity contribution < 1.29 is 0 Å². The third-order valence-electron chi connectivity index (χ3n) is 12.1. The van der Waals surface area contributed by atoms with Crippen molar-refractivity contribution in [2.24, 2.45) is 0 Å². The molecule has 1 nitrogen and oxygen atoms in total. The predicted octanol–water partition coefficient (Wildman–Crippen LogP) is 11.9. The van der Waals surface area contributed by atoms with Gasteiger partial charge >= 0.3 is 0 Å². The Morgan fingerprint density at radius 1 is 0.345 bits per heavy atom. The van der Waals surface area contributed by atoms with Gasteiger partial charge in [0.2, 0.25) is 0 Å². The van der Waals surface area contributed by atoms with E-state index in [-0.39, 0.29) is 0 Å². The maximum Gasteiger partial charge on any atom is 0.133 e. The van der Waals surface area contributed by atoms with Gasteiger partial charge in [-0.1, -0.05) is 199 Å². The molecular weight excluding hydrogens is 735 g/mol. The summed E-state index contributed by atoms with van der Waals surface area (Å²) < 4.78 is 0. The highest BCUT2D eigenvalue weighted by Gasteiger charge is 2.50. The summed E-state index contributed by atoms with van der Waals surface area (Å²) in [5.41, 5.74) is 13.3. The summed E-state index contributed by atoms with van der Waals surface area (Å²) in [5.74, 6) is 0. The highest BCUT2D eigenvalue weighted by Crippen LogP contribution is 2.56. The van der Waals surface area contributed by atoms with Crippen LogP contribution in [0.2, 0.25) is 0 Å². The smallest absolute Gasteiger partial charge is 0.133 e. The van der Waals surface area contributed by atoms with Gasteiger partial charge in [0.1, 0.15) is 8.80 Å². The number of hydrogen-bond acceptors (Lipinski definition) is 2. The van der Waals surface area contributed by atoms with Crippen LogP contribution in [0.5, 0.6) is 0 Å². The van der Waals surface area contributed by atoms with E-state index in [1.54, 1.807) is 0 Å². The number of anilines is 3. The quantitative estimate of drug-likeness (QED) is 0.155. The minimum Gasteiger partial charge on any atom is -0.310 e. The molecule has 0 radical (unpaired) electrons. The summed E-state index contributed by atoms with van der Waals surface area (Å²) in [6, 6.07) is 85.8. The first-order valence-electron chi connectivity index (χ1n) is 20.0. The molecule has 0 aliphatic carbocycles. The summed E-state index contributed by atoms with van der Waals surface area (Å²) in [5, 5.41) is 4.38. The minimum atomic E-state index is -2.00. The van der Waals surface area contributed by atoms with E-state index >= 15 is 0 Å². The molecule has 0 amide bonds. The van der Waals surface area contributed by atoms with Crippen LogP contribution in [0.15, 0.2) is 240 Å². The van der Waals surface area contributed by atoms with E-state index in [9.17, 15) is 0 Å². The molecule has 9 aromatic carbocycles. The molecule has 0 saturated carbocycles. The van der Waals surface area contributed by atoms with Crippen LogP contribution in [0.25, 0.3) is 22.3 Å². The molecule has 0 fully saturated rings. The van der Waals surface area contributed by atoms with Gasteiger partial charge in [0.15, 0.2) is 0 Å². The third kappa shape index (κ3) is 5.54. The van der Waals surface area contributed by atoms with Crippen LogP contribution in [-0.4, -0.2) is 8.80 Å². The lowest BCUT2D eigenvalue weighted by Crippen LogP contribution is -2.62. The minimum absolute atomic E-state index is 0.462. The Hall–Kier alpha value is -6.65. The van der Waals surface area contributed by atoms with Crippen molar-refractivity contribution in [1.29, 1.82) is 0 Å². The average molecular weight is 774 g/mol. The number of rotatable bonds is 6. The molecule has 0 bridgehead atoms. The van der Waals surface area contributed by atoms with E-state index < -0.39 is 14.2 Å². The van der Waals surface area contributed by atoms with Crippen LogP contribution in [0, 0.1) is 0 Å². The first-order chi connectivity index (χ1) is 28.8. The van der Waals surface area contributed by atoms with E-state index in [2.05, 4.69) is 235 Å². The van der Waals surface area contributed by atoms with Crippen molar-refractivity contribution >= 4 is 53.2 Å². The largest absolute Gasteiger partial charge is 0.310 e. The molecule has 3 heteroatoms. The number of nitrogens with zero attached hydrogens (tertiary/aromatic N) is 1. The van der Waals surface area contributed by atoms with Gasteiger partial charge in [0, 0.05) is 26.9 Å². The molecule has 58 heavy (non-hydrogen) atoms. The first kappa shape index (κ1) is 34.6. The van der Waals surface area contributed by atoms with Crippen molar-refractivity contribution in [3.8, 4) is 22.3 Å². The summed E-state index contributed by atoms with van der Waals surface area (Å²) in [6.45, 7) is 0. The molecule has 9 aromatic rings. The molecule has 2 heterocycles. The molecule has 0 saturated heterocycles. The molecule has 0 N–H and O–H groups in total. The fourth-order valence-electron chi connectivity index (χ4n) is 9.67. The maximum atomic E-state index is 2.56. The van der Waals surface area contributed by atoms with Crippen LogP contribution >= 0.6 is 11.8 Å². The predicted molar refractivity (Wildman–Crippen MR) is 247 cm³/mol. The molecule has 1 unspecified atom stereocenters. The van der Waals surface area contributed by atoms with E-state index in [1.807, 2.05) is 11.8 Å². The number of benzene rings is 9. The van der Waals surface area contributed by atoms with Crippen LogP contribution in [0.3, 0.4) is 0 Å². The Morgan fingerprint density at radius 3 is 1.48 bits per heavy atom. The first-order valence-corrected chi connectivity index (χ1v) is 22.6. The molecule has 2 aliphatic heterocycles. The van der Waals surface area contributed by atoms with Crippen molar-refractivity contribution in [1.82, 2.24) is 0 Å². The van der Waals surface area contributed by atoms with Gasteiger partial charge in [0.05, 0.1) is 5.41 Å². The third-order valence-corrected chi connectivity index (χ3v) is 16.5. The zero-order chi connectivity index (χ0) is 38.5. The van der Waals surface area contributed by atoms with E-state index in [0.29, 0.717) is 0 Å². The van der Waals surface area contributed by atoms with Gasteiger partial charge in [-0.2, -0.15) is 0 Å². The molecule has 274 valence electrons. The molecule has 2 aliphatic rings. The zero-order valence-electron chi connectivity index (χ0n) is 31.9. The summed E-state index contributed by atoms with van der Waals surface area (Å²) in [7, 11) is -2.00. The van der Waals surface area contributed by atoms with E-state index in [4.69, 9.17) is 0 Å². The van der Waals surface area contributed by atoms with Crippen LogP contribution in [0.1, 0.15) is 22.3 Å². The highest BCUT2D eigenvalue weighted by atomic mass is 32.2. The van der Waals surface area contributed by atoms with E-state index in [1.165, 1.54) is 69.9 Å². The fourth-order valence-corrected chi connectivity index (χ4v) is 14.4. The van der Waals surface area contributed by atoms with Crippen molar-refractivity contribution in [3.63, 3.8) is 0 Å². The molecule has 1 atom stereocenters. The van der Waals surface area contributed by atoms with E-state index in [0.717, 1.165) is 17.1 Å². The maximum absolute atomic E-state index is 2.56. The average Bonchev–Trinajstić information content (AvgIpc) is 3.30. The van der Waals surface area contributed by atoms with Crippen molar-refractivity contribution in [2.75, 3.05) is 4.90 Å². The Bertz CT molecular complexity index is 2880. The highest BCUT2D eigenvalue weighted by molar-refractivity contribution is 7.99. The Labute approximate surface area is 346 Å². The number of fused-ring (bicyclic) bond motifs is 8. The van der Waals surface area contributed by atoms with Gasteiger partial charge in [-0.15, -0.1) is 0 Å². The van der Waals surface area contributed by atoms with Crippen LogP contribution in [-0.2, 0) is 5.41 Å². The van der Waals surface area contributed by atoms with Gasteiger partial charge in [0.25, 0.3) is 0 Å². The summed E-state index contributed by atoms with van der Waals surface area (Å²) in [4.78, 5) is 5.11. The van der Waals surface area contributed by atoms with Crippen LogP contribution < -0.4 is 20.5 Å². The zero-order valence-corrected chi connectivity index (χ0v) is 33.8. The lowest BCUT2D eigenvalue weighted by atomic mass is 9.64. The second kappa shape index (κ2) is 14.4. The molecule has 1 spiro atoms. The topological polar surface area (TPSA) is 3.24 Å². The summed E-state index contributed by atoms with van der Waals surface area (Å²) >= 11 is 1.90. The SMILES string of the molecule is c1ccc(-c2ccc(N(c3ccccc3)c3ccc4c(c3)[SiH](c3ccccc3)c3ccccc3C43c4ccccc4Sc4ccccc43)cc2-c2ccccc2)cc1. The normalized spacial score (nSPS) is 14.4. The monoisotopic (exact) mass is 773 g/mol. The van der Waals surface area contributed by atoms with Crippen molar-refractivity contribution in [3.05, 3.63) is 253 Å². The molecular formula is C55H39NSSi. The second-order valence-corrected chi connectivity index (χ2v) is 19.0. The Morgan fingerprint density at radius 2 is 0.828 bits per heavy atom. The number of para-hydroxylation sites is 1. The lowest BCUT2D eigenvalue weighted by Gasteiger charge is -2.48. The molecule has 11 rings (SSSR count). The Balaban J connectivity index is 1.20. The second-order valence-electron chi connectivity index (χ2n) is 15.2. The lowest BCUT2D eigenvalue weighted by molar-refractivity contribution is 0.708. The summed E-state index contributed by atoms with van der Waals surface area (Å²) in [6.07, 6.45) is 0. The van der Waals surface area contributed by atoms with Gasteiger partial charge in [-0.25, -0.2) is 0 Å². The fraction of sp³-hybridized carbons (Fsp3) is 0.0182. The van der Waals surface area contributed by atoms with Gasteiger partial charge < -0.3 is 4.90 Å².